The Kier molecular flexibility index (Phi) is 24.8. The van der Waals surface area contributed by atoms with Gasteiger partial charge in [0.05, 0.1) is 26.1 Å². The molecule has 2 aromatic carbocycles. The summed E-state index contributed by atoms with van der Waals surface area (Å²) in [7, 11) is -0.414. The number of hydrogen-bond acceptors (Lipinski definition) is 5. The Morgan fingerprint density at radius 1 is 0.521 bits per heavy atom. The number of carbonyl (C=O) groups excluding carboxylic acids is 3. The van der Waals surface area contributed by atoms with E-state index in [0.717, 1.165) is 36.5 Å². The van der Waals surface area contributed by atoms with E-state index in [9.17, 15) is 14.4 Å². The van der Waals surface area contributed by atoms with Gasteiger partial charge in [-0.05, 0) is 40.6 Å². The summed E-state index contributed by atoms with van der Waals surface area (Å²) in [5.41, 5.74) is 0.679. The van der Waals surface area contributed by atoms with E-state index < -0.39 is 10.9 Å². The highest BCUT2D eigenvalue weighted by Crippen LogP contribution is 2.18. The van der Waals surface area contributed by atoms with Crippen LogP contribution in [0.5, 0.6) is 0 Å². The van der Waals surface area contributed by atoms with Crippen molar-refractivity contribution in [1.82, 2.24) is 0 Å². The summed E-state index contributed by atoms with van der Waals surface area (Å²) in [4.78, 5) is 38.5. The zero-order valence-electron chi connectivity index (χ0n) is 30.6. The second-order valence-electron chi connectivity index (χ2n) is 13.5. The van der Waals surface area contributed by atoms with E-state index in [0.29, 0.717) is 36.0 Å². The van der Waals surface area contributed by atoms with Crippen LogP contribution in [0.25, 0.3) is 10.8 Å². The second-order valence-corrected chi connectivity index (χ2v) is 15.8. The van der Waals surface area contributed by atoms with E-state index in [1.54, 1.807) is 0 Å². The van der Waals surface area contributed by atoms with Gasteiger partial charge in [-0.2, -0.15) is 0 Å². The van der Waals surface area contributed by atoms with Crippen LogP contribution >= 0.6 is 0 Å². The van der Waals surface area contributed by atoms with Crippen LogP contribution in [-0.4, -0.2) is 48.2 Å². The fourth-order valence-corrected chi connectivity index (χ4v) is 7.97. The molecule has 48 heavy (non-hydrogen) atoms. The Morgan fingerprint density at radius 2 is 0.938 bits per heavy atom. The first kappa shape index (κ1) is 41.8. The first-order valence-electron chi connectivity index (χ1n) is 19.5. The predicted molar refractivity (Wildman–Crippen MR) is 205 cm³/mol. The Balaban J connectivity index is 1.71. The number of hydrogen-bond donors (Lipinski definition) is 0. The van der Waals surface area contributed by atoms with Crippen LogP contribution in [0.4, 0.5) is 0 Å². The van der Waals surface area contributed by atoms with Crippen LogP contribution in [0.15, 0.2) is 42.5 Å². The summed E-state index contributed by atoms with van der Waals surface area (Å²) in [6.45, 7) is 5.42. The predicted octanol–water partition coefficient (Wildman–Crippen LogP) is 11.3. The Bertz CT molecular complexity index is 1090. The monoisotopic (exact) mass is 683 g/mol. The summed E-state index contributed by atoms with van der Waals surface area (Å²) in [6.07, 6.45) is 25.4. The van der Waals surface area contributed by atoms with Crippen LogP contribution in [0.1, 0.15) is 165 Å². The molecule has 0 aromatic heterocycles. The van der Waals surface area contributed by atoms with Gasteiger partial charge in [0.25, 0.3) is 0 Å². The van der Waals surface area contributed by atoms with Gasteiger partial charge in [-0.3, -0.25) is 14.4 Å². The average molecular weight is 684 g/mol. The molecule has 0 saturated heterocycles. The Hall–Kier alpha value is -2.34. The van der Waals surface area contributed by atoms with Gasteiger partial charge < -0.3 is 9.47 Å². The third-order valence-corrected chi connectivity index (χ3v) is 11.4. The fraction of sp³-hybridized carbons (Fsp3) is 0.690. The molecule has 0 unspecified atom stereocenters. The third kappa shape index (κ3) is 20.9. The number of carbonyl (C=O) groups is 3. The average Bonchev–Trinajstić information content (AvgIpc) is 3.10. The van der Waals surface area contributed by atoms with Crippen molar-refractivity contribution in [2.24, 2.45) is 0 Å². The molecule has 0 N–H and O–H groups in total. The normalized spacial score (nSPS) is 11.3. The van der Waals surface area contributed by atoms with Crippen LogP contribution < -0.4 is 0 Å². The zero-order chi connectivity index (χ0) is 34.5. The molecule has 0 amide bonds. The van der Waals surface area contributed by atoms with Gasteiger partial charge in [0.2, 0.25) is 5.78 Å². The van der Waals surface area contributed by atoms with E-state index >= 15 is 0 Å². The number of unbranched alkanes of at least 4 members (excludes halogenated alkanes) is 18. The van der Waals surface area contributed by atoms with Gasteiger partial charge in [0.15, 0.2) is 5.75 Å². The first-order valence-corrected chi connectivity index (χ1v) is 21.2. The molecule has 0 aliphatic heterocycles. The molecular weight excluding hydrogens is 617 g/mol. The molecule has 5 nitrogen and oxygen atoms in total. The number of benzene rings is 2. The molecule has 0 aliphatic carbocycles. The van der Waals surface area contributed by atoms with Gasteiger partial charge in [0.1, 0.15) is 11.5 Å². The molecule has 0 heterocycles. The molecule has 2 aromatic rings. The van der Waals surface area contributed by atoms with Crippen LogP contribution in [-0.2, 0) is 30.0 Å². The topological polar surface area (TPSA) is 69.7 Å². The van der Waals surface area contributed by atoms with Crippen molar-refractivity contribution in [3.8, 4) is 0 Å². The van der Waals surface area contributed by atoms with E-state index in [-0.39, 0.29) is 30.6 Å². The summed E-state index contributed by atoms with van der Waals surface area (Å²) in [5.74, 6) is 1.09. The van der Waals surface area contributed by atoms with Crippen molar-refractivity contribution in [1.29, 1.82) is 0 Å². The number of rotatable bonds is 31. The van der Waals surface area contributed by atoms with Gasteiger partial charge in [-0.25, -0.2) is 0 Å². The number of esters is 2. The standard InChI is InChI=1S/C42H67O5S/c1-3-5-7-9-11-13-15-17-19-23-31-46-41(44)29-33-48(36-40(43)39-28-27-37-25-21-22-26-38(37)35-39)34-30-42(45)47-32-24-20-18-16-14-12-10-8-6-4-2/h21-22,25-28,35H,3-20,23-24,29-34,36H2,1-2H3/q+1. The maximum atomic E-state index is 13.3. The van der Waals surface area contributed by atoms with Crippen LogP contribution in [0, 0.1) is 0 Å². The quantitative estimate of drug-likeness (QED) is 0.0342. The molecule has 0 saturated carbocycles. The van der Waals surface area contributed by atoms with Gasteiger partial charge in [0, 0.05) is 5.56 Å². The molecule has 0 aliphatic rings. The Morgan fingerprint density at radius 3 is 1.40 bits per heavy atom. The lowest BCUT2D eigenvalue weighted by atomic mass is 10.1. The maximum absolute atomic E-state index is 13.3. The van der Waals surface area contributed by atoms with Crippen molar-refractivity contribution < 1.29 is 23.9 Å². The minimum atomic E-state index is -0.414. The van der Waals surface area contributed by atoms with E-state index in [1.807, 2.05) is 42.5 Å². The smallest absolute Gasteiger partial charge is 0.310 e. The van der Waals surface area contributed by atoms with E-state index in [2.05, 4.69) is 13.8 Å². The number of ketones is 1. The lowest BCUT2D eigenvalue weighted by Gasteiger charge is -2.10. The van der Waals surface area contributed by atoms with Crippen molar-refractivity contribution in [3.05, 3.63) is 48.0 Å². The van der Waals surface area contributed by atoms with Gasteiger partial charge in [-0.1, -0.05) is 166 Å². The lowest BCUT2D eigenvalue weighted by molar-refractivity contribution is -0.144. The summed E-state index contributed by atoms with van der Waals surface area (Å²) < 4.78 is 11.1. The molecule has 0 fully saturated rings. The summed E-state index contributed by atoms with van der Waals surface area (Å²) in [6, 6.07) is 13.8. The maximum Gasteiger partial charge on any atom is 0.310 e. The second kappa shape index (κ2) is 28.5. The third-order valence-electron chi connectivity index (χ3n) is 9.12. The molecule has 6 heteroatoms. The number of fused-ring (bicyclic) bond motifs is 1. The van der Waals surface area contributed by atoms with Gasteiger partial charge in [-0.15, -0.1) is 0 Å². The molecule has 0 atom stereocenters. The largest absolute Gasteiger partial charge is 0.466 e. The minimum Gasteiger partial charge on any atom is -0.466 e. The first-order chi connectivity index (χ1) is 23.5. The van der Waals surface area contributed by atoms with Gasteiger partial charge >= 0.3 is 11.9 Å². The van der Waals surface area contributed by atoms with Crippen molar-refractivity contribution in [2.45, 2.75) is 155 Å². The molecule has 0 bridgehead atoms. The Labute approximate surface area is 296 Å². The molecule has 2 rings (SSSR count). The molecule has 270 valence electrons. The van der Waals surface area contributed by atoms with Crippen LogP contribution in [0.2, 0.25) is 0 Å². The van der Waals surface area contributed by atoms with E-state index in [1.165, 1.54) is 103 Å². The number of ether oxygens (including phenoxy) is 2. The molecule has 0 spiro atoms. The fourth-order valence-electron chi connectivity index (χ4n) is 6.03. The van der Waals surface area contributed by atoms with Crippen LogP contribution in [0.3, 0.4) is 0 Å². The minimum absolute atomic E-state index is 0.0570. The van der Waals surface area contributed by atoms with E-state index in [4.69, 9.17) is 9.47 Å². The summed E-state index contributed by atoms with van der Waals surface area (Å²) >= 11 is 0. The zero-order valence-corrected chi connectivity index (χ0v) is 31.4. The number of Topliss-reactive ketones (excluding diaryl/α,β-unsaturated/α-hetero) is 1. The highest BCUT2D eigenvalue weighted by Gasteiger charge is 2.26. The lowest BCUT2D eigenvalue weighted by Crippen LogP contribution is -2.26. The molecular formula is C42H67O5S+. The highest BCUT2D eigenvalue weighted by molar-refractivity contribution is 7.97. The van der Waals surface area contributed by atoms with Crippen molar-refractivity contribution in [2.75, 3.05) is 30.5 Å². The van der Waals surface area contributed by atoms with Crippen molar-refractivity contribution >= 4 is 39.4 Å². The molecule has 0 radical (unpaired) electrons. The summed E-state index contributed by atoms with van der Waals surface area (Å²) in [5, 5.41) is 2.14. The SMILES string of the molecule is CCCCCCCCCCCCOC(=O)CC[S+](CCC(=O)OCCCCCCCCCCCC)CC(=O)c1ccc2ccccc2c1. The van der Waals surface area contributed by atoms with Crippen molar-refractivity contribution in [3.63, 3.8) is 0 Å². The highest BCUT2D eigenvalue weighted by atomic mass is 32.2.